The van der Waals surface area contributed by atoms with E-state index in [-0.39, 0.29) is 46.6 Å². The van der Waals surface area contributed by atoms with E-state index < -0.39 is 8.46 Å². The molecule has 0 aromatic heterocycles. The minimum Gasteiger partial charge on any atom is -0.303 e. The Morgan fingerprint density at radius 1 is 0.315 bits per heavy atom. The Balaban J connectivity index is 0.000000168. The number of hydrogen-bond acceptors (Lipinski definition) is 9. The highest BCUT2D eigenvalue weighted by atomic mass is 31.1. The zero-order valence-corrected chi connectivity index (χ0v) is 53.0. The molecule has 0 amide bonds. The van der Waals surface area contributed by atoms with E-state index in [0.29, 0.717) is 61.6 Å². The van der Waals surface area contributed by atoms with Crippen molar-refractivity contribution in [2.24, 2.45) is 0 Å². The van der Waals surface area contributed by atoms with Gasteiger partial charge in [0.25, 0.3) is 5.52 Å². The molecule has 11 aromatic rings. The monoisotopic (exact) mass is 1230 g/mol. The van der Waals surface area contributed by atoms with E-state index in [0.717, 1.165) is 56.4 Å². The molecule has 0 atom stereocenters. The number of hydrogen-bond donors (Lipinski definition) is 0. The molecule has 0 radical (unpaired) electrons. The Labute approximate surface area is 539 Å². The predicted octanol–water partition coefficient (Wildman–Crippen LogP) is 18.3. The van der Waals surface area contributed by atoms with E-state index in [4.69, 9.17) is 0 Å². The summed E-state index contributed by atoms with van der Waals surface area (Å²) in [6.45, 7) is 11.6. The number of aldehydes is 1. The Hall–Kier alpha value is -11.1. The lowest BCUT2D eigenvalue weighted by Gasteiger charge is -2.14. The van der Waals surface area contributed by atoms with Crippen LogP contribution in [0.25, 0.3) is 0 Å². The predicted molar refractivity (Wildman–Crippen MR) is 366 cm³/mol. The highest BCUT2D eigenvalue weighted by Gasteiger charge is 2.25. The van der Waals surface area contributed by atoms with Crippen molar-refractivity contribution in [2.75, 3.05) is 0 Å². The van der Waals surface area contributed by atoms with Crippen molar-refractivity contribution >= 4 is 55.0 Å². The van der Waals surface area contributed by atoms with E-state index in [1.54, 1.807) is 104 Å². The van der Waals surface area contributed by atoms with E-state index in [9.17, 15) is 42.9 Å². The summed E-state index contributed by atoms with van der Waals surface area (Å²) in [5.74, 6) is -0.109. The second-order valence-corrected chi connectivity index (χ2v) is 22.2. The highest BCUT2D eigenvalue weighted by molar-refractivity contribution is 7.47. The third-order valence-corrected chi connectivity index (χ3v) is 15.4. The molecule has 0 spiro atoms. The van der Waals surface area contributed by atoms with Gasteiger partial charge in [-0.15, -0.1) is 0 Å². The fraction of sp³-hybridized carbons (Fsp3) is 0.0976. The molecule has 0 aliphatic heterocycles. The number of benzene rings is 11. The van der Waals surface area contributed by atoms with Crippen molar-refractivity contribution in [1.82, 2.24) is 0 Å². The van der Waals surface area contributed by atoms with Crippen molar-refractivity contribution in [3.63, 3.8) is 0 Å². The molecule has 0 aliphatic carbocycles. The van der Waals surface area contributed by atoms with Gasteiger partial charge < -0.3 is 4.79 Å². The largest absolute Gasteiger partial charge is 0.303 e. The molecule has 9 nitrogen and oxygen atoms in total. The van der Waals surface area contributed by atoms with Gasteiger partial charge >= 0.3 is 0 Å². The number of ketones is 6. The Kier molecular flexibility index (Phi) is 25.7. The van der Waals surface area contributed by atoms with Crippen LogP contribution in [0.2, 0.25) is 0 Å². The lowest BCUT2D eigenvalue weighted by Crippen LogP contribution is -2.14. The molecule has 0 unspecified atom stereocenters. The summed E-state index contributed by atoms with van der Waals surface area (Å²) in [7, 11) is -0.440. The number of carbonyl (C=O) groups is 8. The Morgan fingerprint density at radius 3 is 1.04 bits per heavy atom. The summed E-state index contributed by atoms with van der Waals surface area (Å²) in [5, 5.41) is 0. The third-order valence-electron chi connectivity index (χ3n) is 15.0. The van der Waals surface area contributed by atoms with E-state index in [1.165, 1.54) is 0 Å². The normalized spacial score (nSPS) is 10.2. The average Bonchev–Trinajstić information content (AvgIpc) is 0.827. The van der Waals surface area contributed by atoms with Gasteiger partial charge in [0.2, 0.25) is 8.46 Å². The summed E-state index contributed by atoms with van der Waals surface area (Å²) in [5.41, 5.74) is 12.2. The standard InChI is InChI=1S/C23H18O3.C22H18O2.C16H16O.C13H10O.C8H7O2P/c1-16-17(14-15-24)12-13-20(22(25)18-8-4-2-5-9-18)21(16)23(26)19-10-6-3-7-11-19;1-15-9-6-7-13-18(15)22(24)20-16(2)10-8-14-19(20)21(23)17-11-4-3-5-12-17;1-12(2)14-10-6-7-11-15(14)16(17)13-8-4-3-5-9-13;14-13(11-7-3-1-4-8-11)12-9-5-2-6-10-12;1-6-4-2-3-5-7(6)8(9)11-10/h2-13,15H,14H2,1H3;3-14H,1-2H3;3-12H,1-2H3;1-10H;2-5H,1H3. The van der Waals surface area contributed by atoms with Gasteiger partial charge in [0, 0.05) is 78.7 Å². The molecular formula is C82H69O9P. The number of rotatable bonds is 17. The molecule has 0 aliphatic rings. The maximum Gasteiger partial charge on any atom is 0.253 e. The summed E-state index contributed by atoms with van der Waals surface area (Å²) < 4.78 is 10.2. The summed E-state index contributed by atoms with van der Waals surface area (Å²) >= 11 is 0. The molecule has 0 N–H and O–H groups in total. The summed E-state index contributed by atoms with van der Waals surface area (Å²) in [4.78, 5) is 98.2. The van der Waals surface area contributed by atoms with Crippen LogP contribution in [-0.4, -0.2) is 46.5 Å². The third kappa shape index (κ3) is 18.3. The first-order valence-electron chi connectivity index (χ1n) is 29.9. The van der Waals surface area contributed by atoms with Gasteiger partial charge in [-0.05, 0) is 73.1 Å². The summed E-state index contributed by atoms with van der Waals surface area (Å²) in [6, 6.07) is 86.0. The van der Waals surface area contributed by atoms with Gasteiger partial charge in [0.1, 0.15) is 6.29 Å². The molecular weight excluding hydrogens is 1160 g/mol. The van der Waals surface area contributed by atoms with Crippen LogP contribution >= 0.6 is 8.46 Å². The molecule has 0 saturated heterocycles. The van der Waals surface area contributed by atoms with Gasteiger partial charge in [0.05, 0.1) is 0 Å². The number of aryl methyl sites for hydroxylation is 3. The minimum absolute atomic E-state index is 0.0752. The molecule has 0 saturated carbocycles. The highest BCUT2D eigenvalue weighted by Crippen LogP contribution is 2.27. The van der Waals surface area contributed by atoms with E-state index in [2.05, 4.69) is 13.8 Å². The maximum atomic E-state index is 13.1. The van der Waals surface area contributed by atoms with Crippen LogP contribution in [0.5, 0.6) is 0 Å². The zero-order valence-electron chi connectivity index (χ0n) is 52.1. The second kappa shape index (κ2) is 34.6. The van der Waals surface area contributed by atoms with Crippen LogP contribution in [0.15, 0.2) is 285 Å². The first-order chi connectivity index (χ1) is 44.6. The van der Waals surface area contributed by atoms with Crippen LogP contribution in [0, 0.1) is 27.7 Å². The second-order valence-electron chi connectivity index (χ2n) is 21.6. The summed E-state index contributed by atoms with van der Waals surface area (Å²) in [6.07, 6.45) is 1.01. The molecule has 10 heteroatoms. The van der Waals surface area contributed by atoms with Crippen molar-refractivity contribution in [3.8, 4) is 0 Å². The smallest absolute Gasteiger partial charge is 0.253 e. The van der Waals surface area contributed by atoms with Crippen molar-refractivity contribution in [2.45, 2.75) is 53.9 Å². The van der Waals surface area contributed by atoms with Crippen molar-refractivity contribution in [1.29, 1.82) is 0 Å². The molecule has 456 valence electrons. The topological polar surface area (TPSA) is 154 Å². The van der Waals surface area contributed by atoms with Crippen molar-refractivity contribution < 1.29 is 42.9 Å². The van der Waals surface area contributed by atoms with E-state index >= 15 is 0 Å². The van der Waals surface area contributed by atoms with Crippen LogP contribution in [0.3, 0.4) is 0 Å². The fourth-order valence-corrected chi connectivity index (χ4v) is 10.4. The Morgan fingerprint density at radius 2 is 0.641 bits per heavy atom. The molecule has 11 aromatic carbocycles. The average molecular weight is 1230 g/mol. The van der Waals surface area contributed by atoms with Gasteiger partial charge in [-0.2, -0.15) is 0 Å². The van der Waals surface area contributed by atoms with Gasteiger partial charge in [-0.1, -0.05) is 293 Å². The van der Waals surface area contributed by atoms with Gasteiger partial charge in [0.15, 0.2) is 34.7 Å². The van der Waals surface area contributed by atoms with Crippen LogP contribution in [-0.2, 0) is 15.8 Å². The molecule has 0 heterocycles. The number of carbonyl (C=O) groups excluding carboxylic acids is 8. The molecule has 92 heavy (non-hydrogen) atoms. The molecule has 0 bridgehead atoms. The van der Waals surface area contributed by atoms with Crippen molar-refractivity contribution in [3.05, 3.63) is 391 Å². The van der Waals surface area contributed by atoms with Crippen LogP contribution < -0.4 is 0 Å². The SMILES string of the molecule is CC(C)c1ccccc1C(=O)c1ccccc1.Cc1c(CC=O)ccc(C(=O)c2ccccc2)c1C(=O)c1ccccc1.Cc1ccccc1C(=O)P=O.Cc1ccccc1C(=O)c1c(C)cccc1C(=O)c1ccccc1.O=C(c1ccccc1)c1ccccc1. The minimum atomic E-state index is -0.440. The zero-order chi connectivity index (χ0) is 65.9. The van der Waals surface area contributed by atoms with Gasteiger partial charge in [-0.25, -0.2) is 0 Å². The van der Waals surface area contributed by atoms with Crippen LogP contribution in [0.1, 0.15) is 159 Å². The van der Waals surface area contributed by atoms with Gasteiger partial charge in [-0.3, -0.25) is 38.1 Å². The lowest BCUT2D eigenvalue weighted by atomic mass is 9.87. The Bertz CT molecular complexity index is 4310. The molecule has 11 rings (SSSR count). The first-order valence-corrected chi connectivity index (χ1v) is 30.7. The maximum absolute atomic E-state index is 13.1. The lowest BCUT2D eigenvalue weighted by molar-refractivity contribution is -0.107. The van der Waals surface area contributed by atoms with Crippen LogP contribution in [0.4, 0.5) is 0 Å². The quantitative estimate of drug-likeness (QED) is 0.0492. The fourth-order valence-electron chi connectivity index (χ4n) is 10.1. The van der Waals surface area contributed by atoms with E-state index in [1.807, 2.05) is 209 Å². The molecule has 0 fully saturated rings. The first kappa shape index (κ1) is 68.4.